The number of nitrogens with zero attached hydrogens (tertiary/aromatic N) is 5. The van der Waals surface area contributed by atoms with Gasteiger partial charge in [0.2, 0.25) is 5.91 Å². The Hall–Kier alpha value is -2.81. The second-order valence-electron chi connectivity index (χ2n) is 9.25. The Kier molecular flexibility index (Phi) is 6.14. The van der Waals surface area contributed by atoms with Crippen molar-refractivity contribution in [1.82, 2.24) is 19.8 Å². The highest BCUT2D eigenvalue weighted by molar-refractivity contribution is 5.73. The molecular formula is C24H30F2N6O. The van der Waals surface area contributed by atoms with Gasteiger partial charge in [0, 0.05) is 70.3 Å². The van der Waals surface area contributed by atoms with Crippen molar-refractivity contribution >= 4 is 17.5 Å². The van der Waals surface area contributed by atoms with E-state index in [9.17, 15) is 13.6 Å². The van der Waals surface area contributed by atoms with Crippen LogP contribution in [0.3, 0.4) is 0 Å². The molecule has 2 aromatic rings. The fourth-order valence-corrected chi connectivity index (χ4v) is 4.66. The molecule has 1 saturated heterocycles. The highest BCUT2D eigenvalue weighted by Gasteiger charge is 2.28. The molecule has 2 fully saturated rings. The van der Waals surface area contributed by atoms with Crippen LogP contribution in [0.4, 0.5) is 20.4 Å². The Labute approximate surface area is 192 Å². The molecule has 1 aromatic heterocycles. The Morgan fingerprint density at radius 3 is 2.55 bits per heavy atom. The standard InChI is InChI=1S/C24H30F2N6O/c1-16(33)32-8-7-21-22(15-32)28-23(27-19-3-2-4-19)24(29-21)31-11-9-30(10-12-31)14-17-5-6-18(25)13-20(17)26/h5-6,13,19H,2-4,7-12,14-15H2,1H3,(H,27,28). The molecule has 1 aliphatic carbocycles. The van der Waals surface area contributed by atoms with Gasteiger partial charge in [0.25, 0.3) is 0 Å². The third-order valence-corrected chi connectivity index (χ3v) is 6.96. The molecule has 0 unspecified atom stereocenters. The smallest absolute Gasteiger partial charge is 0.219 e. The third-order valence-electron chi connectivity index (χ3n) is 6.96. The summed E-state index contributed by atoms with van der Waals surface area (Å²) < 4.78 is 27.3. The molecular weight excluding hydrogens is 426 g/mol. The second kappa shape index (κ2) is 9.21. The van der Waals surface area contributed by atoms with Crippen LogP contribution in [0.15, 0.2) is 18.2 Å². The summed E-state index contributed by atoms with van der Waals surface area (Å²) in [4.78, 5) is 28.1. The number of hydrogen-bond donors (Lipinski definition) is 1. The first kappa shape index (κ1) is 22.0. The van der Waals surface area contributed by atoms with Crippen molar-refractivity contribution in [3.05, 3.63) is 46.8 Å². The molecule has 3 aliphatic rings. The van der Waals surface area contributed by atoms with Gasteiger partial charge in [-0.25, -0.2) is 18.7 Å². The van der Waals surface area contributed by atoms with E-state index in [0.717, 1.165) is 68.1 Å². The number of carbonyl (C=O) groups excluding carboxylic acids is 1. The number of piperazine rings is 1. The van der Waals surface area contributed by atoms with Crippen LogP contribution >= 0.6 is 0 Å². The predicted octanol–water partition coefficient (Wildman–Crippen LogP) is 2.95. The molecule has 1 N–H and O–H groups in total. The summed E-state index contributed by atoms with van der Waals surface area (Å²) >= 11 is 0. The van der Waals surface area contributed by atoms with Crippen molar-refractivity contribution in [2.24, 2.45) is 0 Å². The topological polar surface area (TPSA) is 64.6 Å². The van der Waals surface area contributed by atoms with Crippen molar-refractivity contribution < 1.29 is 13.6 Å². The van der Waals surface area contributed by atoms with Gasteiger partial charge < -0.3 is 15.1 Å². The molecule has 1 amide bonds. The van der Waals surface area contributed by atoms with Crippen molar-refractivity contribution in [1.29, 1.82) is 0 Å². The van der Waals surface area contributed by atoms with E-state index >= 15 is 0 Å². The van der Waals surface area contributed by atoms with Crippen molar-refractivity contribution in [2.45, 2.75) is 51.7 Å². The maximum Gasteiger partial charge on any atom is 0.219 e. The van der Waals surface area contributed by atoms with Crippen molar-refractivity contribution in [2.75, 3.05) is 42.9 Å². The van der Waals surface area contributed by atoms with Crippen molar-refractivity contribution in [3.63, 3.8) is 0 Å². The van der Waals surface area contributed by atoms with E-state index < -0.39 is 11.6 Å². The number of rotatable bonds is 5. The molecule has 3 heterocycles. The molecule has 33 heavy (non-hydrogen) atoms. The number of nitrogens with one attached hydrogen (secondary N) is 1. The number of hydrogen-bond acceptors (Lipinski definition) is 6. The zero-order valence-electron chi connectivity index (χ0n) is 19.0. The van der Waals surface area contributed by atoms with Gasteiger partial charge in [0.05, 0.1) is 17.9 Å². The Morgan fingerprint density at radius 2 is 1.88 bits per heavy atom. The summed E-state index contributed by atoms with van der Waals surface area (Å²) in [7, 11) is 0. The number of aromatic nitrogens is 2. The SMILES string of the molecule is CC(=O)N1CCc2nc(N3CCN(Cc4ccc(F)cc4F)CC3)c(NC3CCC3)nc2C1. The van der Waals surface area contributed by atoms with Crippen LogP contribution in [-0.2, 0) is 24.3 Å². The number of benzene rings is 1. The van der Waals surface area contributed by atoms with Crippen LogP contribution in [0.1, 0.15) is 43.1 Å². The Balaban J connectivity index is 1.31. The normalized spacial score (nSPS) is 19.2. The van der Waals surface area contributed by atoms with E-state index in [1.807, 2.05) is 4.90 Å². The molecule has 7 nitrogen and oxygen atoms in total. The second-order valence-corrected chi connectivity index (χ2v) is 9.25. The maximum absolute atomic E-state index is 14.1. The molecule has 0 radical (unpaired) electrons. The van der Waals surface area contributed by atoms with Gasteiger partial charge in [-0.15, -0.1) is 0 Å². The molecule has 0 bridgehead atoms. The van der Waals surface area contributed by atoms with Gasteiger partial charge in [-0.3, -0.25) is 9.69 Å². The maximum atomic E-state index is 14.1. The van der Waals surface area contributed by atoms with Gasteiger partial charge in [-0.05, 0) is 25.3 Å². The fraction of sp³-hybridized carbons (Fsp3) is 0.542. The molecule has 176 valence electrons. The van der Waals surface area contributed by atoms with Gasteiger partial charge in [0.15, 0.2) is 11.6 Å². The Bertz CT molecular complexity index is 1040. The zero-order valence-corrected chi connectivity index (χ0v) is 19.0. The van der Waals surface area contributed by atoms with Crippen LogP contribution in [-0.4, -0.2) is 64.4 Å². The molecule has 1 saturated carbocycles. The van der Waals surface area contributed by atoms with Crippen LogP contribution < -0.4 is 10.2 Å². The number of amides is 1. The number of carbonyl (C=O) groups is 1. The van der Waals surface area contributed by atoms with Gasteiger partial charge in [-0.1, -0.05) is 6.07 Å². The lowest BCUT2D eigenvalue weighted by molar-refractivity contribution is -0.129. The summed E-state index contributed by atoms with van der Waals surface area (Å²) in [6, 6.07) is 4.20. The quantitative estimate of drug-likeness (QED) is 0.747. The summed E-state index contributed by atoms with van der Waals surface area (Å²) in [5.74, 6) is 0.703. The molecule has 1 aromatic carbocycles. The average molecular weight is 457 g/mol. The first-order valence-corrected chi connectivity index (χ1v) is 11.8. The molecule has 0 spiro atoms. The number of halogens is 2. The molecule has 5 rings (SSSR count). The summed E-state index contributed by atoms with van der Waals surface area (Å²) in [6.45, 7) is 6.27. The lowest BCUT2D eigenvalue weighted by atomic mass is 9.93. The van der Waals surface area contributed by atoms with Crippen LogP contribution in [0.25, 0.3) is 0 Å². The van der Waals surface area contributed by atoms with Crippen LogP contribution in [0.2, 0.25) is 0 Å². The average Bonchev–Trinajstić information content (AvgIpc) is 2.77. The third kappa shape index (κ3) is 4.78. The van der Waals surface area contributed by atoms with Crippen molar-refractivity contribution in [3.8, 4) is 0 Å². The van der Waals surface area contributed by atoms with E-state index in [4.69, 9.17) is 9.97 Å². The summed E-state index contributed by atoms with van der Waals surface area (Å²) in [6.07, 6.45) is 4.20. The lowest BCUT2D eigenvalue weighted by Gasteiger charge is -2.38. The van der Waals surface area contributed by atoms with Crippen LogP contribution in [0.5, 0.6) is 0 Å². The predicted molar refractivity (Wildman–Crippen MR) is 122 cm³/mol. The lowest BCUT2D eigenvalue weighted by Crippen LogP contribution is -2.47. The van der Waals surface area contributed by atoms with Gasteiger partial charge in [-0.2, -0.15) is 0 Å². The minimum Gasteiger partial charge on any atom is -0.364 e. The highest BCUT2D eigenvalue weighted by Crippen LogP contribution is 2.31. The summed E-state index contributed by atoms with van der Waals surface area (Å²) in [5.41, 5.74) is 2.37. The monoisotopic (exact) mass is 456 g/mol. The fourth-order valence-electron chi connectivity index (χ4n) is 4.66. The minimum atomic E-state index is -0.551. The Morgan fingerprint density at radius 1 is 1.09 bits per heavy atom. The largest absolute Gasteiger partial charge is 0.364 e. The van der Waals surface area contributed by atoms with E-state index in [2.05, 4.69) is 15.1 Å². The van der Waals surface area contributed by atoms with Gasteiger partial charge in [0.1, 0.15) is 11.6 Å². The van der Waals surface area contributed by atoms with E-state index in [-0.39, 0.29) is 5.91 Å². The minimum absolute atomic E-state index is 0.0636. The highest BCUT2D eigenvalue weighted by atomic mass is 19.1. The first-order chi connectivity index (χ1) is 16.0. The van der Waals surface area contributed by atoms with E-state index in [1.165, 1.54) is 18.6 Å². The number of fused-ring (bicyclic) bond motifs is 1. The molecule has 2 aliphatic heterocycles. The number of anilines is 2. The van der Waals surface area contributed by atoms with E-state index in [1.54, 1.807) is 6.92 Å². The molecule has 9 heteroatoms. The van der Waals surface area contributed by atoms with E-state index in [0.29, 0.717) is 37.7 Å². The summed E-state index contributed by atoms with van der Waals surface area (Å²) in [5, 5.41) is 3.58. The van der Waals surface area contributed by atoms with Crippen LogP contribution in [0, 0.1) is 11.6 Å². The first-order valence-electron chi connectivity index (χ1n) is 11.8. The zero-order chi connectivity index (χ0) is 22.9. The molecule has 0 atom stereocenters. The van der Waals surface area contributed by atoms with Gasteiger partial charge >= 0.3 is 0 Å².